The van der Waals surface area contributed by atoms with Gasteiger partial charge >= 0.3 is 0 Å². The van der Waals surface area contributed by atoms with Crippen molar-refractivity contribution in [3.05, 3.63) is 82.9 Å². The molecule has 0 aromatic heterocycles. The van der Waals surface area contributed by atoms with Gasteiger partial charge in [-0.25, -0.2) is 0 Å². The number of hydrogen-bond donors (Lipinski definition) is 0. The number of fused-ring (bicyclic) bond motifs is 2. The number of benzene rings is 4. The predicted octanol–water partition coefficient (Wildman–Crippen LogP) is 6.89. The number of rotatable bonds is 1. The molecule has 0 heterocycles. The molecule has 0 aliphatic carbocycles. The Morgan fingerprint density at radius 3 is 1.25 bits per heavy atom. The summed E-state index contributed by atoms with van der Waals surface area (Å²) in [4.78, 5) is 0. The highest BCUT2D eigenvalue weighted by molar-refractivity contribution is 6.06. The average Bonchev–Trinajstić information content (AvgIpc) is 2.56. The lowest BCUT2D eigenvalue weighted by molar-refractivity contribution is 1.36. The van der Waals surface area contributed by atoms with Crippen molar-refractivity contribution in [1.82, 2.24) is 0 Å². The van der Waals surface area contributed by atoms with E-state index in [2.05, 4.69) is 88.4 Å². The summed E-state index contributed by atoms with van der Waals surface area (Å²) in [6.07, 6.45) is 0. The highest BCUT2D eigenvalue weighted by atomic mass is 14.1. The molecule has 0 fully saturated rings. The summed E-state index contributed by atoms with van der Waals surface area (Å²) in [6.45, 7) is 8.77. The molecule has 0 amide bonds. The maximum atomic E-state index is 2.33. The van der Waals surface area contributed by atoms with Gasteiger partial charge in [-0.2, -0.15) is 0 Å². The minimum atomic E-state index is 1.32. The Balaban J connectivity index is 2.10. The van der Waals surface area contributed by atoms with Gasteiger partial charge in [0, 0.05) is 0 Å². The lowest BCUT2D eigenvalue weighted by Gasteiger charge is -2.13. The third-order valence-corrected chi connectivity index (χ3v) is 5.28. The smallest absolute Gasteiger partial charge is 0.00991 e. The lowest BCUT2D eigenvalue weighted by Crippen LogP contribution is -1.89. The van der Waals surface area contributed by atoms with Crippen LogP contribution in [-0.4, -0.2) is 0 Å². The second-order valence-electron chi connectivity index (χ2n) is 6.93. The third kappa shape index (κ3) is 2.30. The fraction of sp³-hybridized carbons (Fsp3) is 0.167. The summed E-state index contributed by atoms with van der Waals surface area (Å²) in [5.74, 6) is 0. The van der Waals surface area contributed by atoms with Crippen LogP contribution in [0.3, 0.4) is 0 Å². The van der Waals surface area contributed by atoms with Crippen molar-refractivity contribution in [3.63, 3.8) is 0 Å². The molecule has 0 saturated heterocycles. The van der Waals surface area contributed by atoms with Crippen LogP contribution in [0.5, 0.6) is 0 Å². The van der Waals surface area contributed by atoms with E-state index in [0.29, 0.717) is 0 Å². The standard InChI is InChI=1S/C24H22/c1-15-11-19-7-5-9-21(23(19)13-17(15)3)22-10-6-8-20-12-16(2)18(4)14-24(20)22/h5-14H,1-4H3. The molecule has 0 heteroatoms. The zero-order chi connectivity index (χ0) is 16.8. The predicted molar refractivity (Wildman–Crippen MR) is 106 cm³/mol. The van der Waals surface area contributed by atoms with Crippen molar-refractivity contribution < 1.29 is 0 Å². The van der Waals surface area contributed by atoms with Gasteiger partial charge in [-0.1, -0.05) is 60.7 Å². The molecule has 0 bridgehead atoms. The maximum Gasteiger partial charge on any atom is -0.00991 e. The highest BCUT2D eigenvalue weighted by Gasteiger charge is 2.09. The lowest BCUT2D eigenvalue weighted by atomic mass is 9.91. The molecule has 118 valence electrons. The van der Waals surface area contributed by atoms with E-state index in [1.165, 1.54) is 54.9 Å². The van der Waals surface area contributed by atoms with E-state index < -0.39 is 0 Å². The first kappa shape index (κ1) is 15.0. The van der Waals surface area contributed by atoms with E-state index in [1.807, 2.05) is 0 Å². The zero-order valence-electron chi connectivity index (χ0n) is 14.8. The minimum absolute atomic E-state index is 1.32. The minimum Gasteiger partial charge on any atom is -0.0610 e. The first-order valence-electron chi connectivity index (χ1n) is 8.55. The Labute approximate surface area is 143 Å². The van der Waals surface area contributed by atoms with E-state index in [0.717, 1.165) is 0 Å². The second kappa shape index (κ2) is 5.49. The van der Waals surface area contributed by atoms with Crippen molar-refractivity contribution in [1.29, 1.82) is 0 Å². The van der Waals surface area contributed by atoms with Gasteiger partial charge in [0.25, 0.3) is 0 Å². The molecule has 0 atom stereocenters. The Morgan fingerprint density at radius 1 is 0.458 bits per heavy atom. The molecule has 0 aliphatic heterocycles. The summed E-state index contributed by atoms with van der Waals surface area (Å²) in [6, 6.07) is 22.5. The van der Waals surface area contributed by atoms with Crippen LogP contribution in [0, 0.1) is 27.7 Å². The molecule has 0 nitrogen and oxygen atoms in total. The van der Waals surface area contributed by atoms with E-state index in [4.69, 9.17) is 0 Å². The van der Waals surface area contributed by atoms with Crippen LogP contribution in [0.25, 0.3) is 32.7 Å². The first-order chi connectivity index (χ1) is 11.5. The van der Waals surface area contributed by atoms with Gasteiger partial charge in [0.05, 0.1) is 0 Å². The van der Waals surface area contributed by atoms with Gasteiger partial charge < -0.3 is 0 Å². The number of hydrogen-bond acceptors (Lipinski definition) is 0. The monoisotopic (exact) mass is 310 g/mol. The second-order valence-corrected chi connectivity index (χ2v) is 6.93. The molecule has 4 rings (SSSR count). The number of aryl methyl sites for hydroxylation is 4. The molecule has 0 spiro atoms. The first-order valence-corrected chi connectivity index (χ1v) is 8.55. The van der Waals surface area contributed by atoms with Crippen LogP contribution >= 0.6 is 0 Å². The largest absolute Gasteiger partial charge is 0.0610 e. The molecule has 0 unspecified atom stereocenters. The topological polar surface area (TPSA) is 0 Å². The molecule has 0 N–H and O–H groups in total. The van der Waals surface area contributed by atoms with Crippen LogP contribution in [0.2, 0.25) is 0 Å². The highest BCUT2D eigenvalue weighted by Crippen LogP contribution is 2.35. The van der Waals surface area contributed by atoms with Crippen molar-refractivity contribution in [3.8, 4) is 11.1 Å². The SMILES string of the molecule is Cc1cc2cccc(-c3cccc4cc(C)c(C)cc34)c2cc1C. The van der Waals surface area contributed by atoms with Gasteiger partial charge in [-0.15, -0.1) is 0 Å². The summed E-state index contributed by atoms with van der Waals surface area (Å²) in [7, 11) is 0. The molecular weight excluding hydrogens is 288 g/mol. The fourth-order valence-electron chi connectivity index (χ4n) is 3.56. The van der Waals surface area contributed by atoms with Crippen molar-refractivity contribution in [2.45, 2.75) is 27.7 Å². The molecule has 4 aromatic rings. The van der Waals surface area contributed by atoms with Crippen LogP contribution in [0.15, 0.2) is 60.7 Å². The van der Waals surface area contributed by atoms with Gasteiger partial charge in [0.15, 0.2) is 0 Å². The van der Waals surface area contributed by atoms with Crippen molar-refractivity contribution in [2.24, 2.45) is 0 Å². The fourth-order valence-corrected chi connectivity index (χ4v) is 3.56. The molecule has 4 aromatic carbocycles. The summed E-state index contributed by atoms with van der Waals surface area (Å²) in [5, 5.41) is 5.31. The van der Waals surface area contributed by atoms with Gasteiger partial charge in [-0.05, 0) is 82.6 Å². The molecular formula is C24H22. The molecule has 0 saturated carbocycles. The zero-order valence-corrected chi connectivity index (χ0v) is 14.8. The molecule has 24 heavy (non-hydrogen) atoms. The van der Waals surface area contributed by atoms with Gasteiger partial charge in [0.2, 0.25) is 0 Å². The average molecular weight is 310 g/mol. The summed E-state index contributed by atoms with van der Waals surface area (Å²) < 4.78 is 0. The van der Waals surface area contributed by atoms with E-state index in [1.54, 1.807) is 0 Å². The van der Waals surface area contributed by atoms with E-state index in [9.17, 15) is 0 Å². The Morgan fingerprint density at radius 2 is 0.833 bits per heavy atom. The Hall–Kier alpha value is -2.60. The van der Waals surface area contributed by atoms with Crippen molar-refractivity contribution >= 4 is 21.5 Å². The quantitative estimate of drug-likeness (QED) is 0.359. The Kier molecular flexibility index (Phi) is 3.42. The molecule has 0 aliphatic rings. The van der Waals surface area contributed by atoms with Gasteiger partial charge in [-0.3, -0.25) is 0 Å². The van der Waals surface area contributed by atoms with Gasteiger partial charge in [0.1, 0.15) is 0 Å². The van der Waals surface area contributed by atoms with Crippen molar-refractivity contribution in [2.75, 3.05) is 0 Å². The van der Waals surface area contributed by atoms with Crippen LogP contribution in [-0.2, 0) is 0 Å². The van der Waals surface area contributed by atoms with Crippen LogP contribution in [0.1, 0.15) is 22.3 Å². The maximum absolute atomic E-state index is 2.33. The third-order valence-electron chi connectivity index (χ3n) is 5.28. The Bertz CT molecular complexity index is 995. The summed E-state index contributed by atoms with van der Waals surface area (Å²) in [5.41, 5.74) is 8.05. The van der Waals surface area contributed by atoms with E-state index in [-0.39, 0.29) is 0 Å². The van der Waals surface area contributed by atoms with E-state index >= 15 is 0 Å². The summed E-state index contributed by atoms with van der Waals surface area (Å²) >= 11 is 0. The van der Waals surface area contributed by atoms with Crippen LogP contribution < -0.4 is 0 Å². The molecule has 0 radical (unpaired) electrons. The van der Waals surface area contributed by atoms with Crippen LogP contribution in [0.4, 0.5) is 0 Å². The normalized spacial score (nSPS) is 11.3.